The molecule has 0 saturated carbocycles. The number of carbonyl (C=O) groups excluding carboxylic acids is 2. The number of pyridine rings is 1. The zero-order valence-corrected chi connectivity index (χ0v) is 13.8. The van der Waals surface area contributed by atoms with Gasteiger partial charge in [-0.25, -0.2) is 8.78 Å². The van der Waals surface area contributed by atoms with E-state index in [-0.39, 0.29) is 16.8 Å². The van der Waals surface area contributed by atoms with Gasteiger partial charge in [-0.3, -0.25) is 14.6 Å². The molecule has 2 heterocycles. The second kappa shape index (κ2) is 7.26. The van der Waals surface area contributed by atoms with Crippen molar-refractivity contribution in [3.8, 4) is 0 Å². The fourth-order valence-electron chi connectivity index (χ4n) is 2.51. The third-order valence-corrected chi connectivity index (χ3v) is 3.89. The van der Waals surface area contributed by atoms with Crippen molar-refractivity contribution in [3.63, 3.8) is 0 Å². The summed E-state index contributed by atoms with van der Waals surface area (Å²) in [6, 6.07) is 6.95. The van der Waals surface area contributed by atoms with Crippen molar-refractivity contribution in [3.05, 3.63) is 82.9 Å². The summed E-state index contributed by atoms with van der Waals surface area (Å²) in [6.45, 7) is 1.71. The highest BCUT2D eigenvalue weighted by Gasteiger charge is 2.23. The highest BCUT2D eigenvalue weighted by molar-refractivity contribution is 6.11. The molecule has 2 N–H and O–H groups in total. The van der Waals surface area contributed by atoms with Crippen LogP contribution in [0.25, 0.3) is 0 Å². The predicted octanol–water partition coefficient (Wildman–Crippen LogP) is 3.73. The molecule has 3 rings (SSSR count). The number of aromatic amines is 1. The molecule has 1 amide bonds. The van der Waals surface area contributed by atoms with Gasteiger partial charge in [-0.15, -0.1) is 0 Å². The van der Waals surface area contributed by atoms with E-state index in [0.717, 1.165) is 6.07 Å². The molecule has 0 aliphatic rings. The highest BCUT2D eigenvalue weighted by atomic mass is 19.1. The molecule has 1 aromatic carbocycles. The van der Waals surface area contributed by atoms with E-state index in [4.69, 9.17) is 0 Å². The second-order valence-electron chi connectivity index (χ2n) is 5.58. The predicted molar refractivity (Wildman–Crippen MR) is 92.2 cm³/mol. The molecule has 132 valence electrons. The third kappa shape index (κ3) is 3.37. The molecule has 0 atom stereocenters. The number of rotatable bonds is 5. The number of hydrogen-bond acceptors (Lipinski definition) is 3. The summed E-state index contributed by atoms with van der Waals surface area (Å²) in [5.41, 5.74) is 0.187. The van der Waals surface area contributed by atoms with Crippen LogP contribution in [0.5, 0.6) is 0 Å². The minimum absolute atomic E-state index is 0.00705. The van der Waals surface area contributed by atoms with E-state index in [1.165, 1.54) is 24.5 Å². The van der Waals surface area contributed by atoms with E-state index in [9.17, 15) is 18.4 Å². The van der Waals surface area contributed by atoms with Gasteiger partial charge in [0.15, 0.2) is 5.78 Å². The van der Waals surface area contributed by atoms with Crippen molar-refractivity contribution >= 4 is 17.4 Å². The number of ketones is 1. The normalized spacial score (nSPS) is 10.6. The highest BCUT2D eigenvalue weighted by Crippen LogP contribution is 2.21. The van der Waals surface area contributed by atoms with Crippen LogP contribution < -0.4 is 5.32 Å². The minimum atomic E-state index is -0.938. The summed E-state index contributed by atoms with van der Waals surface area (Å²) >= 11 is 0. The van der Waals surface area contributed by atoms with E-state index >= 15 is 0 Å². The van der Waals surface area contributed by atoms with E-state index in [1.54, 1.807) is 25.3 Å². The number of amides is 1. The van der Waals surface area contributed by atoms with Crippen molar-refractivity contribution in [2.24, 2.45) is 0 Å². The van der Waals surface area contributed by atoms with Crippen LogP contribution in [-0.2, 0) is 6.42 Å². The number of hydrogen-bond donors (Lipinski definition) is 2. The zero-order valence-electron chi connectivity index (χ0n) is 13.8. The van der Waals surface area contributed by atoms with Gasteiger partial charge < -0.3 is 10.3 Å². The van der Waals surface area contributed by atoms with Gasteiger partial charge in [-0.05, 0) is 36.2 Å². The Labute approximate surface area is 148 Å². The summed E-state index contributed by atoms with van der Waals surface area (Å²) in [7, 11) is 0. The van der Waals surface area contributed by atoms with Gasteiger partial charge in [-0.2, -0.15) is 0 Å². The van der Waals surface area contributed by atoms with Crippen LogP contribution in [-0.4, -0.2) is 21.7 Å². The van der Waals surface area contributed by atoms with Gasteiger partial charge in [0, 0.05) is 18.0 Å². The number of aromatic nitrogens is 2. The number of nitrogens with one attached hydrogen (secondary N) is 2. The Balaban J connectivity index is 1.86. The largest absolute Gasteiger partial charge is 0.356 e. The molecule has 5 nitrogen and oxygen atoms in total. The lowest BCUT2D eigenvalue weighted by atomic mass is 10.0. The number of benzene rings is 1. The molecular formula is C19H15F2N3O2. The van der Waals surface area contributed by atoms with Crippen molar-refractivity contribution in [2.75, 3.05) is 5.32 Å². The molecule has 0 aliphatic carbocycles. The quantitative estimate of drug-likeness (QED) is 0.685. The van der Waals surface area contributed by atoms with E-state index < -0.39 is 28.9 Å². The van der Waals surface area contributed by atoms with Crippen LogP contribution >= 0.6 is 0 Å². The Hall–Kier alpha value is -3.35. The summed E-state index contributed by atoms with van der Waals surface area (Å²) in [6.07, 6.45) is 4.61. The number of anilines is 1. The molecule has 26 heavy (non-hydrogen) atoms. The van der Waals surface area contributed by atoms with Gasteiger partial charge in [0.2, 0.25) is 0 Å². The van der Waals surface area contributed by atoms with Crippen molar-refractivity contribution < 1.29 is 18.4 Å². The maximum Gasteiger partial charge on any atom is 0.272 e. The summed E-state index contributed by atoms with van der Waals surface area (Å²) in [5, 5.41) is 2.60. The average molecular weight is 355 g/mol. The van der Waals surface area contributed by atoms with Crippen LogP contribution in [0.4, 0.5) is 14.5 Å². The Morgan fingerprint density at radius 1 is 1.23 bits per heavy atom. The van der Waals surface area contributed by atoms with Gasteiger partial charge in [0.1, 0.15) is 17.3 Å². The standard InChI is InChI=1S/C19H15F2N3O2/c1-2-11-5-6-14(20)16(17(11)21)18(25)12-8-15(23-9-12)19(26)24-13-4-3-7-22-10-13/h3-10,23H,2H2,1H3,(H,24,26). The molecule has 7 heteroatoms. The second-order valence-corrected chi connectivity index (χ2v) is 5.58. The minimum Gasteiger partial charge on any atom is -0.356 e. The number of nitrogens with zero attached hydrogens (tertiary/aromatic N) is 1. The number of aryl methyl sites for hydroxylation is 1. The number of H-pyrrole nitrogens is 1. The Kier molecular flexibility index (Phi) is 4.88. The third-order valence-electron chi connectivity index (χ3n) is 3.89. The maximum absolute atomic E-state index is 14.4. The van der Waals surface area contributed by atoms with E-state index in [1.807, 2.05) is 0 Å². The molecule has 0 aliphatic heterocycles. The van der Waals surface area contributed by atoms with Gasteiger partial charge in [0.05, 0.1) is 17.4 Å². The molecule has 3 aromatic rings. The summed E-state index contributed by atoms with van der Waals surface area (Å²) in [5.74, 6) is -3.14. The first-order chi connectivity index (χ1) is 12.5. The molecular weight excluding hydrogens is 340 g/mol. The van der Waals surface area contributed by atoms with Crippen molar-refractivity contribution in [2.45, 2.75) is 13.3 Å². The first kappa shape index (κ1) is 17.5. The van der Waals surface area contributed by atoms with Crippen molar-refractivity contribution in [1.82, 2.24) is 9.97 Å². The van der Waals surface area contributed by atoms with Crippen molar-refractivity contribution in [1.29, 1.82) is 0 Å². The number of carbonyl (C=O) groups is 2. The summed E-state index contributed by atoms with van der Waals surface area (Å²) in [4.78, 5) is 31.2. The maximum atomic E-state index is 14.4. The van der Waals surface area contributed by atoms with Gasteiger partial charge in [0.25, 0.3) is 5.91 Å². The molecule has 0 spiro atoms. The molecule has 2 aromatic heterocycles. The lowest BCUT2D eigenvalue weighted by Gasteiger charge is -2.06. The molecule has 0 radical (unpaired) electrons. The Bertz CT molecular complexity index is 968. The van der Waals surface area contributed by atoms with Crippen LogP contribution in [0, 0.1) is 11.6 Å². The summed E-state index contributed by atoms with van der Waals surface area (Å²) < 4.78 is 28.4. The SMILES string of the molecule is CCc1ccc(F)c(C(=O)c2c[nH]c(C(=O)Nc3cccnc3)c2)c1F. The smallest absolute Gasteiger partial charge is 0.272 e. The fraction of sp³-hybridized carbons (Fsp3) is 0.105. The van der Waals surface area contributed by atoms with Crippen LogP contribution in [0.15, 0.2) is 48.9 Å². The van der Waals surface area contributed by atoms with E-state index in [0.29, 0.717) is 12.1 Å². The Morgan fingerprint density at radius 3 is 2.73 bits per heavy atom. The zero-order chi connectivity index (χ0) is 18.7. The van der Waals surface area contributed by atoms with Gasteiger partial charge in [-0.1, -0.05) is 13.0 Å². The molecule has 0 saturated heterocycles. The topological polar surface area (TPSA) is 74.8 Å². The number of halogens is 2. The molecule has 0 fully saturated rings. The van der Waals surface area contributed by atoms with Crippen LogP contribution in [0.1, 0.15) is 38.9 Å². The monoisotopic (exact) mass is 355 g/mol. The van der Waals surface area contributed by atoms with Gasteiger partial charge >= 0.3 is 0 Å². The van der Waals surface area contributed by atoms with Crippen LogP contribution in [0.3, 0.4) is 0 Å². The van der Waals surface area contributed by atoms with E-state index in [2.05, 4.69) is 15.3 Å². The first-order valence-corrected chi connectivity index (χ1v) is 7.92. The molecule has 0 unspecified atom stereocenters. The Morgan fingerprint density at radius 2 is 2.04 bits per heavy atom. The average Bonchev–Trinajstić information content (AvgIpc) is 3.13. The lowest BCUT2D eigenvalue weighted by molar-refractivity contribution is 0.102. The fourth-order valence-corrected chi connectivity index (χ4v) is 2.51. The lowest BCUT2D eigenvalue weighted by Crippen LogP contribution is -2.12. The first-order valence-electron chi connectivity index (χ1n) is 7.92. The molecule has 0 bridgehead atoms. The van der Waals surface area contributed by atoms with Crippen LogP contribution in [0.2, 0.25) is 0 Å².